The highest BCUT2D eigenvalue weighted by Crippen LogP contribution is 2.38. The summed E-state index contributed by atoms with van der Waals surface area (Å²) in [6, 6.07) is 0. The largest absolute Gasteiger partial charge is 0.250 e. The molecule has 0 atom stereocenters. The number of nitrogens with zero attached hydrogens (tertiary/aromatic N) is 2. The molecule has 0 fully saturated rings. The maximum atomic E-state index is 5.24. The van der Waals surface area contributed by atoms with E-state index in [0.717, 1.165) is 6.42 Å². The summed E-state index contributed by atoms with van der Waals surface area (Å²) < 4.78 is 0. The van der Waals surface area contributed by atoms with Crippen LogP contribution in [-0.2, 0) is 0 Å². The molecule has 0 aliphatic carbocycles. The fourth-order valence-corrected chi connectivity index (χ4v) is 0.979. The van der Waals surface area contributed by atoms with Gasteiger partial charge in [-0.1, -0.05) is 20.8 Å². The molecule has 0 unspecified atom stereocenters. The van der Waals surface area contributed by atoms with E-state index in [9.17, 15) is 0 Å². The van der Waals surface area contributed by atoms with Crippen LogP contribution in [0.2, 0.25) is 0 Å². The molecule has 1 heterocycles. The van der Waals surface area contributed by atoms with Crippen molar-refractivity contribution >= 4 is 0 Å². The fraction of sp³-hybridized carbons (Fsp3) is 0.750. The molecule has 0 aromatic rings. The topological polar surface area (TPSA) is 24.7 Å². The summed E-state index contributed by atoms with van der Waals surface area (Å²) in [4.78, 5) is 0. The normalized spacial score (nSPS) is 20.2. The van der Waals surface area contributed by atoms with Gasteiger partial charge in [0.25, 0.3) is 5.66 Å². The molecule has 0 saturated heterocycles. The average molecular weight is 136 g/mol. The van der Waals surface area contributed by atoms with E-state index in [2.05, 4.69) is 36.9 Å². The second-order valence-corrected chi connectivity index (χ2v) is 3.90. The Hall–Kier alpha value is -0.840. The quantitative estimate of drug-likeness (QED) is 0.494. The third-order valence-corrected chi connectivity index (χ3v) is 1.35. The SMILES string of the molecule is C#CC1(CC(C)(C)C)N=N1. The molecular formula is C8H12N2. The predicted molar refractivity (Wildman–Crippen MR) is 40.5 cm³/mol. The summed E-state index contributed by atoms with van der Waals surface area (Å²) in [5, 5.41) is 7.65. The zero-order chi connectivity index (χ0) is 7.83. The zero-order valence-electron chi connectivity index (χ0n) is 6.68. The Labute approximate surface area is 61.7 Å². The number of rotatable bonds is 1. The summed E-state index contributed by atoms with van der Waals surface area (Å²) in [6.45, 7) is 6.40. The Morgan fingerprint density at radius 2 is 1.90 bits per heavy atom. The van der Waals surface area contributed by atoms with Gasteiger partial charge in [0.05, 0.1) is 0 Å². The van der Waals surface area contributed by atoms with E-state index in [1.165, 1.54) is 0 Å². The van der Waals surface area contributed by atoms with Crippen LogP contribution in [-0.4, -0.2) is 5.66 Å². The number of terminal acetylenes is 1. The first-order valence-electron chi connectivity index (χ1n) is 3.39. The second-order valence-electron chi connectivity index (χ2n) is 3.90. The van der Waals surface area contributed by atoms with Gasteiger partial charge in [0.2, 0.25) is 0 Å². The lowest BCUT2D eigenvalue weighted by Crippen LogP contribution is -2.18. The van der Waals surface area contributed by atoms with Crippen molar-refractivity contribution in [2.24, 2.45) is 15.6 Å². The van der Waals surface area contributed by atoms with E-state index < -0.39 is 5.66 Å². The maximum Gasteiger partial charge on any atom is 0.250 e. The Morgan fingerprint density at radius 3 is 2.00 bits per heavy atom. The lowest BCUT2D eigenvalue weighted by atomic mass is 9.87. The van der Waals surface area contributed by atoms with Crippen LogP contribution in [0.4, 0.5) is 0 Å². The minimum atomic E-state index is -0.446. The van der Waals surface area contributed by atoms with Gasteiger partial charge in [-0.2, -0.15) is 0 Å². The predicted octanol–water partition coefficient (Wildman–Crippen LogP) is 2.22. The Bertz CT molecular complexity index is 196. The van der Waals surface area contributed by atoms with Crippen molar-refractivity contribution < 1.29 is 0 Å². The van der Waals surface area contributed by atoms with Gasteiger partial charge in [0.1, 0.15) is 0 Å². The smallest absolute Gasteiger partial charge is 0.144 e. The lowest BCUT2D eigenvalue weighted by Gasteiger charge is -2.18. The van der Waals surface area contributed by atoms with E-state index in [1.54, 1.807) is 0 Å². The van der Waals surface area contributed by atoms with E-state index in [4.69, 9.17) is 6.42 Å². The van der Waals surface area contributed by atoms with Crippen LogP contribution in [0.5, 0.6) is 0 Å². The molecule has 0 saturated carbocycles. The molecule has 2 heteroatoms. The maximum absolute atomic E-state index is 5.24. The standard InChI is InChI=1S/C8H12N2/c1-5-8(9-10-8)6-7(2,3)4/h1H,6H2,2-4H3. The van der Waals surface area contributed by atoms with Crippen molar-refractivity contribution in [1.29, 1.82) is 0 Å². The molecule has 54 valence electrons. The van der Waals surface area contributed by atoms with E-state index in [-0.39, 0.29) is 5.41 Å². The summed E-state index contributed by atoms with van der Waals surface area (Å²) in [6.07, 6.45) is 6.10. The van der Waals surface area contributed by atoms with Crippen molar-refractivity contribution in [3.63, 3.8) is 0 Å². The van der Waals surface area contributed by atoms with Crippen molar-refractivity contribution in [3.8, 4) is 12.3 Å². The molecule has 0 spiro atoms. The number of hydrogen-bond acceptors (Lipinski definition) is 2. The molecule has 0 radical (unpaired) electrons. The summed E-state index contributed by atoms with van der Waals surface area (Å²) in [7, 11) is 0. The van der Waals surface area contributed by atoms with Gasteiger partial charge in [-0.3, -0.25) is 0 Å². The third-order valence-electron chi connectivity index (χ3n) is 1.35. The molecule has 1 rings (SSSR count). The highest BCUT2D eigenvalue weighted by molar-refractivity contribution is 5.18. The minimum Gasteiger partial charge on any atom is -0.144 e. The van der Waals surface area contributed by atoms with Gasteiger partial charge in [0.15, 0.2) is 0 Å². The second kappa shape index (κ2) is 1.82. The first-order chi connectivity index (χ1) is 4.47. The molecule has 0 aromatic heterocycles. The van der Waals surface area contributed by atoms with Crippen LogP contribution < -0.4 is 0 Å². The van der Waals surface area contributed by atoms with Gasteiger partial charge >= 0.3 is 0 Å². The van der Waals surface area contributed by atoms with Gasteiger partial charge < -0.3 is 0 Å². The molecule has 0 aromatic carbocycles. The molecule has 2 nitrogen and oxygen atoms in total. The highest BCUT2D eigenvalue weighted by atomic mass is 15.4. The third kappa shape index (κ3) is 1.57. The summed E-state index contributed by atoms with van der Waals surface area (Å²) in [5.74, 6) is 2.58. The fourth-order valence-electron chi connectivity index (χ4n) is 0.979. The first-order valence-corrected chi connectivity index (χ1v) is 3.39. The van der Waals surface area contributed by atoms with Crippen molar-refractivity contribution in [2.75, 3.05) is 0 Å². The average Bonchev–Trinajstić information content (AvgIpc) is 2.45. The van der Waals surface area contributed by atoms with Crippen LogP contribution in [0.1, 0.15) is 27.2 Å². The Balaban J connectivity index is 2.49. The summed E-state index contributed by atoms with van der Waals surface area (Å²) in [5.41, 5.74) is -0.228. The molecule has 0 bridgehead atoms. The minimum absolute atomic E-state index is 0.218. The van der Waals surface area contributed by atoms with E-state index >= 15 is 0 Å². The van der Waals surface area contributed by atoms with Crippen LogP contribution >= 0.6 is 0 Å². The van der Waals surface area contributed by atoms with E-state index in [1.807, 2.05) is 0 Å². The highest BCUT2D eigenvalue weighted by Gasteiger charge is 2.41. The van der Waals surface area contributed by atoms with Crippen LogP contribution in [0, 0.1) is 17.8 Å². The molecule has 1 aliphatic rings. The van der Waals surface area contributed by atoms with Gasteiger partial charge in [0, 0.05) is 6.42 Å². The first kappa shape index (κ1) is 7.27. The number of hydrogen-bond donors (Lipinski definition) is 0. The molecule has 10 heavy (non-hydrogen) atoms. The Kier molecular flexibility index (Phi) is 1.32. The van der Waals surface area contributed by atoms with Gasteiger partial charge in [-0.15, -0.1) is 16.7 Å². The van der Waals surface area contributed by atoms with E-state index in [0.29, 0.717) is 0 Å². The molecule has 0 N–H and O–H groups in total. The molecular weight excluding hydrogens is 124 g/mol. The lowest BCUT2D eigenvalue weighted by molar-refractivity contribution is 0.347. The summed E-state index contributed by atoms with van der Waals surface area (Å²) >= 11 is 0. The van der Waals surface area contributed by atoms with Crippen molar-refractivity contribution in [2.45, 2.75) is 32.9 Å². The van der Waals surface area contributed by atoms with Crippen molar-refractivity contribution in [3.05, 3.63) is 0 Å². The van der Waals surface area contributed by atoms with Crippen LogP contribution in [0.3, 0.4) is 0 Å². The van der Waals surface area contributed by atoms with Gasteiger partial charge in [-0.05, 0) is 11.3 Å². The van der Waals surface area contributed by atoms with Gasteiger partial charge in [-0.25, -0.2) is 0 Å². The Morgan fingerprint density at radius 1 is 1.40 bits per heavy atom. The van der Waals surface area contributed by atoms with Crippen LogP contribution in [0.15, 0.2) is 10.2 Å². The monoisotopic (exact) mass is 136 g/mol. The zero-order valence-corrected chi connectivity index (χ0v) is 6.68. The molecule has 0 amide bonds. The van der Waals surface area contributed by atoms with Crippen LogP contribution in [0.25, 0.3) is 0 Å². The molecule has 1 aliphatic heterocycles. The van der Waals surface area contributed by atoms with Crippen molar-refractivity contribution in [1.82, 2.24) is 0 Å².